The molecule has 26 heavy (non-hydrogen) atoms. The molecule has 0 aliphatic carbocycles. The van der Waals surface area contributed by atoms with E-state index in [0.29, 0.717) is 18.7 Å². The largest absolute Gasteiger partial charge is 0.453 e. The zero-order valence-electron chi connectivity index (χ0n) is 16.9. The lowest BCUT2D eigenvalue weighted by Gasteiger charge is -2.36. The molecule has 8 heteroatoms. The molecule has 0 radical (unpaired) electrons. The van der Waals surface area contributed by atoms with Crippen LogP contribution in [0, 0.1) is 0 Å². The number of ether oxygens (including phenoxy) is 1. The summed E-state index contributed by atoms with van der Waals surface area (Å²) in [5.74, 6) is -0.909. The van der Waals surface area contributed by atoms with Gasteiger partial charge < -0.3 is 14.5 Å². The fourth-order valence-electron chi connectivity index (χ4n) is 1.98. The third kappa shape index (κ3) is 6.84. The van der Waals surface area contributed by atoms with Crippen molar-refractivity contribution in [3.63, 3.8) is 0 Å². The van der Waals surface area contributed by atoms with E-state index in [1.807, 2.05) is 0 Å². The lowest BCUT2D eigenvalue weighted by molar-refractivity contribution is -0.150. The normalized spacial score (nSPS) is 13.2. The number of carbonyl (C=O) groups is 2. The zero-order chi connectivity index (χ0) is 20.0. The van der Waals surface area contributed by atoms with Crippen LogP contribution >= 0.6 is 0 Å². The van der Waals surface area contributed by atoms with Crippen LogP contribution in [-0.4, -0.2) is 42.9 Å². The van der Waals surface area contributed by atoms with E-state index in [0.717, 1.165) is 12.1 Å². The summed E-state index contributed by atoms with van der Waals surface area (Å²) in [6, 6.07) is 0. The molecule has 146 valence electrons. The van der Waals surface area contributed by atoms with Gasteiger partial charge in [0, 0.05) is 13.5 Å². The van der Waals surface area contributed by atoms with Crippen molar-refractivity contribution >= 4 is 25.9 Å². The summed E-state index contributed by atoms with van der Waals surface area (Å²) in [6.07, 6.45) is 3.59. The molecule has 0 aromatic carbocycles. The van der Waals surface area contributed by atoms with Gasteiger partial charge in [-0.05, 0) is 37.9 Å². The van der Waals surface area contributed by atoms with E-state index in [4.69, 9.17) is 9.16 Å². The molecule has 1 atom stereocenters. The number of amides is 1. The molecule has 1 aromatic rings. The highest BCUT2D eigenvalue weighted by Crippen LogP contribution is 2.36. The molecule has 0 spiro atoms. The molecule has 0 fully saturated rings. The van der Waals surface area contributed by atoms with Crippen LogP contribution in [0.3, 0.4) is 0 Å². The number of nitrogens with one attached hydrogen (secondary N) is 1. The average molecular weight is 382 g/mol. The van der Waals surface area contributed by atoms with Crippen LogP contribution in [0.15, 0.2) is 12.5 Å². The molecule has 0 saturated heterocycles. The number of aryl methyl sites for hydroxylation is 1. The first kappa shape index (κ1) is 22.2. The van der Waals surface area contributed by atoms with Crippen molar-refractivity contribution in [2.75, 3.05) is 11.9 Å². The number of carbonyl (C=O) groups excluding carboxylic acids is 2. The molecule has 1 amide bonds. The van der Waals surface area contributed by atoms with E-state index in [2.05, 4.69) is 49.1 Å². The first-order chi connectivity index (χ1) is 11.9. The van der Waals surface area contributed by atoms with Crippen molar-refractivity contribution in [2.24, 2.45) is 0 Å². The number of esters is 1. The van der Waals surface area contributed by atoms with E-state index in [1.165, 1.54) is 20.2 Å². The van der Waals surface area contributed by atoms with Gasteiger partial charge in [0.15, 0.2) is 14.4 Å². The predicted octanol–water partition coefficient (Wildman–Crippen LogP) is 3.32. The molecule has 1 N–H and O–H groups in total. The molecule has 7 nitrogen and oxygen atoms in total. The zero-order valence-corrected chi connectivity index (χ0v) is 17.9. The second-order valence-electron chi connectivity index (χ2n) is 7.84. The van der Waals surface area contributed by atoms with Crippen LogP contribution in [0.25, 0.3) is 0 Å². The van der Waals surface area contributed by atoms with Crippen LogP contribution in [0.2, 0.25) is 18.1 Å². The van der Waals surface area contributed by atoms with Gasteiger partial charge in [-0.25, -0.2) is 9.97 Å². The summed E-state index contributed by atoms with van der Waals surface area (Å²) in [7, 11) is -1.76. The third-order valence-corrected chi connectivity index (χ3v) is 9.13. The summed E-state index contributed by atoms with van der Waals surface area (Å²) < 4.78 is 11.1. The topological polar surface area (TPSA) is 90.4 Å². The highest BCUT2D eigenvalue weighted by atomic mass is 28.4. The van der Waals surface area contributed by atoms with Crippen LogP contribution in [0.4, 0.5) is 5.69 Å². The van der Waals surface area contributed by atoms with Gasteiger partial charge in [0.2, 0.25) is 0 Å². The van der Waals surface area contributed by atoms with Gasteiger partial charge >= 0.3 is 5.97 Å². The van der Waals surface area contributed by atoms with E-state index in [-0.39, 0.29) is 5.04 Å². The van der Waals surface area contributed by atoms with Crippen molar-refractivity contribution in [1.82, 2.24) is 9.97 Å². The van der Waals surface area contributed by atoms with Crippen molar-refractivity contribution < 1.29 is 18.8 Å². The average Bonchev–Trinajstić information content (AvgIpc) is 2.51. The van der Waals surface area contributed by atoms with Gasteiger partial charge in [-0.2, -0.15) is 0 Å². The van der Waals surface area contributed by atoms with Crippen LogP contribution in [0.5, 0.6) is 0 Å². The summed E-state index contributed by atoms with van der Waals surface area (Å²) in [5.41, 5.74) is 1.27. The van der Waals surface area contributed by atoms with Crippen molar-refractivity contribution in [3.05, 3.63) is 18.2 Å². The Morgan fingerprint density at radius 1 is 1.31 bits per heavy atom. The summed E-state index contributed by atoms with van der Waals surface area (Å²) >= 11 is 0. The second-order valence-corrected chi connectivity index (χ2v) is 12.6. The molecule has 0 saturated carbocycles. The Labute approximate surface area is 157 Å². The van der Waals surface area contributed by atoms with Gasteiger partial charge in [-0.3, -0.25) is 9.59 Å². The first-order valence-corrected chi connectivity index (χ1v) is 11.8. The molecular formula is C18H31N3O4Si. The number of rotatable bonds is 8. The Hall–Kier alpha value is -1.80. The lowest BCUT2D eigenvalue weighted by atomic mass is 10.2. The smallest absolute Gasteiger partial charge is 0.303 e. The molecule has 0 aliphatic rings. The predicted molar refractivity (Wildman–Crippen MR) is 103 cm³/mol. The molecule has 0 unspecified atom stereocenters. The van der Waals surface area contributed by atoms with Gasteiger partial charge in [0.25, 0.3) is 5.91 Å². The highest BCUT2D eigenvalue weighted by Gasteiger charge is 2.36. The first-order valence-electron chi connectivity index (χ1n) is 8.85. The number of anilines is 1. The summed E-state index contributed by atoms with van der Waals surface area (Å²) in [6.45, 7) is 14.5. The fraction of sp³-hybridized carbons (Fsp3) is 0.667. The Morgan fingerprint density at radius 2 is 1.96 bits per heavy atom. The maximum atomic E-state index is 12.1. The summed E-state index contributed by atoms with van der Waals surface area (Å²) in [5, 5.41) is 2.90. The minimum atomic E-state index is -1.76. The molecule has 0 bridgehead atoms. The molecule has 1 rings (SSSR count). The number of hydrogen-bond donors (Lipinski definition) is 1. The standard InChI is InChI=1S/C18H31N3O4Si/c1-13(25-14(2)22)17(23)21-16-11-19-12-20-15(16)9-8-10-24-26(6,7)18(3,4)5/h11-13H,8-10H2,1-7H3,(H,21,23)/t13-/m0/s1. The van der Waals surface area contributed by atoms with Gasteiger partial charge in [-0.15, -0.1) is 0 Å². The third-order valence-electron chi connectivity index (χ3n) is 4.59. The molecular weight excluding hydrogens is 350 g/mol. The Morgan fingerprint density at radius 3 is 2.54 bits per heavy atom. The summed E-state index contributed by atoms with van der Waals surface area (Å²) in [4.78, 5) is 31.3. The van der Waals surface area contributed by atoms with Crippen LogP contribution in [-0.2, 0) is 25.2 Å². The Balaban J connectivity index is 2.62. The van der Waals surface area contributed by atoms with E-state index >= 15 is 0 Å². The maximum absolute atomic E-state index is 12.1. The quantitative estimate of drug-likeness (QED) is 0.422. The Bertz CT molecular complexity index is 629. The van der Waals surface area contributed by atoms with Gasteiger partial charge in [0.05, 0.1) is 17.6 Å². The molecule has 0 aliphatic heterocycles. The number of aromatic nitrogens is 2. The minimum Gasteiger partial charge on any atom is -0.453 e. The minimum absolute atomic E-state index is 0.175. The van der Waals surface area contributed by atoms with Gasteiger partial charge in [-0.1, -0.05) is 20.8 Å². The molecule has 1 aromatic heterocycles. The monoisotopic (exact) mass is 381 g/mol. The van der Waals surface area contributed by atoms with Crippen molar-refractivity contribution in [2.45, 2.75) is 71.7 Å². The van der Waals surface area contributed by atoms with Crippen molar-refractivity contribution in [3.8, 4) is 0 Å². The van der Waals surface area contributed by atoms with Crippen LogP contribution < -0.4 is 5.32 Å². The number of nitrogens with zero attached hydrogens (tertiary/aromatic N) is 2. The number of hydrogen-bond acceptors (Lipinski definition) is 6. The van der Waals surface area contributed by atoms with E-state index in [1.54, 1.807) is 6.20 Å². The highest BCUT2D eigenvalue weighted by molar-refractivity contribution is 6.74. The second kappa shape index (κ2) is 9.23. The van der Waals surface area contributed by atoms with E-state index in [9.17, 15) is 9.59 Å². The lowest BCUT2D eigenvalue weighted by Crippen LogP contribution is -2.41. The Kier molecular flexibility index (Phi) is 7.89. The maximum Gasteiger partial charge on any atom is 0.303 e. The van der Waals surface area contributed by atoms with Crippen molar-refractivity contribution in [1.29, 1.82) is 0 Å². The molecule has 1 heterocycles. The van der Waals surface area contributed by atoms with Gasteiger partial charge in [0.1, 0.15) is 6.33 Å². The fourth-order valence-corrected chi connectivity index (χ4v) is 3.07. The van der Waals surface area contributed by atoms with E-state index < -0.39 is 26.3 Å². The SMILES string of the molecule is CC(=O)O[C@@H](C)C(=O)Nc1cncnc1CCCO[Si](C)(C)C(C)(C)C. The van der Waals surface area contributed by atoms with Crippen LogP contribution in [0.1, 0.15) is 46.7 Å².